The molecule has 0 saturated carbocycles. The Hall–Kier alpha value is -0.520. The molecule has 0 aromatic heterocycles. The largest absolute Gasteiger partial charge is 0.378 e. The average molecular weight is 320 g/mol. The van der Waals surface area contributed by atoms with Crippen LogP contribution in [0.3, 0.4) is 0 Å². The molecule has 0 N–H and O–H groups in total. The molecule has 1 aliphatic heterocycles. The Balaban J connectivity index is 2.26. The smallest absolute Gasteiger partial charge is 0.144 e. The normalized spacial score (nSPS) is 20.1. The Labute approximate surface area is 114 Å². The first-order valence-electron chi connectivity index (χ1n) is 5.87. The lowest BCUT2D eigenvalue weighted by Crippen LogP contribution is -2.52. The number of hydrogen-bond donors (Lipinski definition) is 0. The second-order valence-electron chi connectivity index (χ2n) is 5.11. The van der Waals surface area contributed by atoms with Gasteiger partial charge in [0, 0.05) is 24.2 Å². The van der Waals surface area contributed by atoms with Crippen LogP contribution in [0.25, 0.3) is 0 Å². The Morgan fingerprint density at radius 1 is 1.39 bits per heavy atom. The standard InChI is InChI=1S/C13H16BrF2NO/c1-13(2)8-18-6-5-17(13)7-9-11(15)4-3-10(14)12(9)16/h3-4H,5-8H2,1-2H3. The maximum Gasteiger partial charge on any atom is 0.144 e. The van der Waals surface area contributed by atoms with Crippen molar-refractivity contribution >= 4 is 15.9 Å². The highest BCUT2D eigenvalue weighted by Gasteiger charge is 2.31. The first-order valence-corrected chi connectivity index (χ1v) is 6.66. The van der Waals surface area contributed by atoms with Crippen LogP contribution in [0, 0.1) is 11.6 Å². The minimum Gasteiger partial charge on any atom is -0.378 e. The number of ether oxygens (including phenoxy) is 1. The fourth-order valence-electron chi connectivity index (χ4n) is 2.09. The van der Waals surface area contributed by atoms with E-state index in [0.29, 0.717) is 24.2 Å². The SMILES string of the molecule is CC1(C)COCCN1Cc1c(F)ccc(Br)c1F. The second kappa shape index (κ2) is 5.23. The van der Waals surface area contributed by atoms with Crippen molar-refractivity contribution in [3.63, 3.8) is 0 Å². The van der Waals surface area contributed by atoms with Crippen molar-refractivity contribution < 1.29 is 13.5 Å². The average Bonchev–Trinajstić information content (AvgIpc) is 2.31. The number of rotatable bonds is 2. The summed E-state index contributed by atoms with van der Waals surface area (Å²) in [6.45, 7) is 6.14. The molecule has 1 heterocycles. The highest BCUT2D eigenvalue weighted by atomic mass is 79.9. The molecular formula is C13H16BrF2NO. The number of morpholine rings is 1. The van der Waals surface area contributed by atoms with Gasteiger partial charge in [-0.2, -0.15) is 0 Å². The van der Waals surface area contributed by atoms with E-state index < -0.39 is 11.6 Å². The number of halogens is 3. The summed E-state index contributed by atoms with van der Waals surface area (Å²) < 4.78 is 33.3. The quantitative estimate of drug-likeness (QED) is 0.775. The van der Waals surface area contributed by atoms with Crippen molar-refractivity contribution in [1.29, 1.82) is 0 Å². The fourth-order valence-corrected chi connectivity index (χ4v) is 2.46. The third-order valence-electron chi connectivity index (χ3n) is 3.30. The van der Waals surface area contributed by atoms with Gasteiger partial charge in [-0.3, -0.25) is 4.90 Å². The van der Waals surface area contributed by atoms with Crippen LogP contribution in [-0.2, 0) is 11.3 Å². The molecule has 2 nitrogen and oxygen atoms in total. The molecule has 0 bridgehead atoms. The first kappa shape index (κ1) is 13.9. The maximum atomic E-state index is 13.9. The lowest BCUT2D eigenvalue weighted by molar-refractivity contribution is -0.0560. The van der Waals surface area contributed by atoms with E-state index in [4.69, 9.17) is 4.74 Å². The van der Waals surface area contributed by atoms with Gasteiger partial charge >= 0.3 is 0 Å². The van der Waals surface area contributed by atoms with Crippen molar-refractivity contribution in [2.24, 2.45) is 0 Å². The molecule has 1 aromatic rings. The van der Waals surface area contributed by atoms with Crippen molar-refractivity contribution in [1.82, 2.24) is 4.90 Å². The van der Waals surface area contributed by atoms with Gasteiger partial charge in [0.25, 0.3) is 0 Å². The summed E-state index contributed by atoms with van der Waals surface area (Å²) in [5, 5.41) is 0. The lowest BCUT2D eigenvalue weighted by atomic mass is 10.0. The van der Waals surface area contributed by atoms with Crippen molar-refractivity contribution in [2.75, 3.05) is 19.8 Å². The molecule has 1 saturated heterocycles. The van der Waals surface area contributed by atoms with Gasteiger partial charge in [0.05, 0.1) is 17.7 Å². The van der Waals surface area contributed by atoms with E-state index in [-0.39, 0.29) is 17.6 Å². The number of hydrogen-bond acceptors (Lipinski definition) is 2. The van der Waals surface area contributed by atoms with Gasteiger partial charge in [-0.1, -0.05) is 0 Å². The summed E-state index contributed by atoms with van der Waals surface area (Å²) in [5.41, 5.74) is -0.0984. The van der Waals surface area contributed by atoms with Gasteiger partial charge in [-0.05, 0) is 41.9 Å². The van der Waals surface area contributed by atoms with Crippen LogP contribution in [-0.4, -0.2) is 30.2 Å². The number of nitrogens with zero attached hydrogens (tertiary/aromatic N) is 1. The minimum absolute atomic E-state index is 0.111. The molecule has 1 aliphatic rings. The second-order valence-corrected chi connectivity index (χ2v) is 5.96. The molecule has 5 heteroatoms. The summed E-state index contributed by atoms with van der Waals surface area (Å²) in [4.78, 5) is 2.05. The summed E-state index contributed by atoms with van der Waals surface area (Å²) in [5.74, 6) is -1.02. The molecule has 0 atom stereocenters. The van der Waals surface area contributed by atoms with E-state index in [1.54, 1.807) is 0 Å². The van der Waals surface area contributed by atoms with Gasteiger partial charge in [0.15, 0.2) is 0 Å². The summed E-state index contributed by atoms with van der Waals surface area (Å²) in [6, 6.07) is 2.68. The molecule has 1 fully saturated rings. The van der Waals surface area contributed by atoms with E-state index in [1.807, 2.05) is 18.7 Å². The highest BCUT2D eigenvalue weighted by Crippen LogP contribution is 2.27. The van der Waals surface area contributed by atoms with Gasteiger partial charge in [-0.25, -0.2) is 8.78 Å². The van der Waals surface area contributed by atoms with E-state index in [2.05, 4.69) is 15.9 Å². The van der Waals surface area contributed by atoms with Crippen molar-refractivity contribution in [3.8, 4) is 0 Å². The molecule has 100 valence electrons. The first-order chi connectivity index (χ1) is 8.42. The highest BCUT2D eigenvalue weighted by molar-refractivity contribution is 9.10. The maximum absolute atomic E-state index is 13.9. The van der Waals surface area contributed by atoms with Crippen LogP contribution >= 0.6 is 15.9 Å². The minimum atomic E-state index is -0.516. The third-order valence-corrected chi connectivity index (χ3v) is 3.92. The van der Waals surface area contributed by atoms with Crippen LogP contribution < -0.4 is 0 Å². The zero-order valence-electron chi connectivity index (χ0n) is 10.5. The van der Waals surface area contributed by atoms with Crippen molar-refractivity contribution in [2.45, 2.75) is 25.9 Å². The predicted octanol–water partition coefficient (Wildman–Crippen LogP) is 3.34. The van der Waals surface area contributed by atoms with E-state index >= 15 is 0 Å². The summed E-state index contributed by atoms with van der Waals surface area (Å²) in [7, 11) is 0. The van der Waals surface area contributed by atoms with Crippen LogP contribution in [0.4, 0.5) is 8.78 Å². The van der Waals surface area contributed by atoms with E-state index in [1.165, 1.54) is 12.1 Å². The Morgan fingerprint density at radius 2 is 2.11 bits per heavy atom. The van der Waals surface area contributed by atoms with Crippen LogP contribution in [0.5, 0.6) is 0 Å². The molecule has 2 rings (SSSR count). The Kier molecular flexibility index (Phi) is 4.04. The molecule has 0 unspecified atom stereocenters. The molecule has 18 heavy (non-hydrogen) atoms. The Morgan fingerprint density at radius 3 is 2.78 bits per heavy atom. The van der Waals surface area contributed by atoms with Crippen LogP contribution in [0.15, 0.2) is 16.6 Å². The number of benzene rings is 1. The zero-order valence-corrected chi connectivity index (χ0v) is 12.1. The van der Waals surface area contributed by atoms with Crippen LogP contribution in [0.2, 0.25) is 0 Å². The zero-order chi connectivity index (χ0) is 13.3. The molecule has 0 radical (unpaired) electrons. The Bertz CT molecular complexity index is 451. The lowest BCUT2D eigenvalue weighted by Gasteiger charge is -2.42. The predicted molar refractivity (Wildman–Crippen MR) is 69.4 cm³/mol. The third kappa shape index (κ3) is 2.73. The van der Waals surface area contributed by atoms with E-state index in [0.717, 1.165) is 0 Å². The van der Waals surface area contributed by atoms with Crippen molar-refractivity contribution in [3.05, 3.63) is 33.8 Å². The molecule has 1 aromatic carbocycles. The van der Waals surface area contributed by atoms with Crippen LogP contribution in [0.1, 0.15) is 19.4 Å². The molecule has 0 spiro atoms. The van der Waals surface area contributed by atoms with Gasteiger partial charge < -0.3 is 4.74 Å². The summed E-state index contributed by atoms with van der Waals surface area (Å²) >= 11 is 3.09. The molecule has 0 amide bonds. The monoisotopic (exact) mass is 319 g/mol. The summed E-state index contributed by atoms with van der Waals surface area (Å²) in [6.07, 6.45) is 0. The van der Waals surface area contributed by atoms with Gasteiger partial charge in [0.2, 0.25) is 0 Å². The van der Waals surface area contributed by atoms with Gasteiger partial charge in [0.1, 0.15) is 11.6 Å². The van der Waals surface area contributed by atoms with Gasteiger partial charge in [-0.15, -0.1) is 0 Å². The molecule has 0 aliphatic carbocycles. The fraction of sp³-hybridized carbons (Fsp3) is 0.538. The van der Waals surface area contributed by atoms with E-state index in [9.17, 15) is 8.78 Å². The molecular weight excluding hydrogens is 304 g/mol. The topological polar surface area (TPSA) is 12.5 Å².